The molecular weight excluding hydrogens is 412 g/mol. The molecule has 0 spiro atoms. The number of hydrogen-bond acceptors (Lipinski definition) is 7. The van der Waals surface area contributed by atoms with Crippen molar-refractivity contribution in [3.8, 4) is 0 Å². The zero-order valence-electron chi connectivity index (χ0n) is 14.7. The van der Waals surface area contributed by atoms with Crippen LogP contribution >= 0.6 is 11.8 Å². The number of anilines is 3. The Morgan fingerprint density at radius 1 is 1.36 bits per heavy atom. The van der Waals surface area contributed by atoms with Crippen LogP contribution in [-0.2, 0) is 14.8 Å². The molecule has 2 heterocycles. The lowest BCUT2D eigenvalue weighted by Gasteiger charge is -2.15. The van der Waals surface area contributed by atoms with Gasteiger partial charge in [0, 0.05) is 5.75 Å². The highest BCUT2D eigenvalue weighted by Crippen LogP contribution is 2.41. The summed E-state index contributed by atoms with van der Waals surface area (Å²) in [7, 11) is -3.79. The number of carbonyl (C=O) groups excluding carboxylic acids is 1. The number of hydrogen-bond donors (Lipinski definition) is 3. The molecule has 12 heteroatoms. The van der Waals surface area contributed by atoms with E-state index in [1.807, 2.05) is 0 Å². The number of rotatable bonds is 6. The second-order valence-electron chi connectivity index (χ2n) is 6.03. The SMILES string of the molecule is CCCS(=O)(=O)Nc1ccc(F)c(NC(=O)C2CSc3c(N)ncnc32)c1F. The maximum absolute atomic E-state index is 14.7. The third-order valence-electron chi connectivity index (χ3n) is 3.98. The number of nitrogen functional groups attached to an aromatic ring is 1. The van der Waals surface area contributed by atoms with Crippen LogP contribution in [0, 0.1) is 11.6 Å². The van der Waals surface area contributed by atoms with Gasteiger partial charge in [-0.05, 0) is 18.6 Å². The van der Waals surface area contributed by atoms with Crippen LogP contribution in [0.3, 0.4) is 0 Å². The molecule has 0 radical (unpaired) electrons. The molecule has 0 fully saturated rings. The Hall–Kier alpha value is -2.47. The minimum absolute atomic E-state index is 0.220. The van der Waals surface area contributed by atoms with E-state index >= 15 is 0 Å². The zero-order chi connectivity index (χ0) is 20.5. The lowest BCUT2D eigenvalue weighted by atomic mass is 10.1. The van der Waals surface area contributed by atoms with E-state index in [0.717, 1.165) is 12.1 Å². The van der Waals surface area contributed by atoms with Crippen LogP contribution in [0.4, 0.5) is 26.0 Å². The summed E-state index contributed by atoms with van der Waals surface area (Å²) in [5.41, 5.74) is 4.95. The third-order valence-corrected chi connectivity index (χ3v) is 6.66. The van der Waals surface area contributed by atoms with Crippen LogP contribution in [0.5, 0.6) is 0 Å². The van der Waals surface area contributed by atoms with E-state index in [9.17, 15) is 22.0 Å². The van der Waals surface area contributed by atoms with Crippen molar-refractivity contribution in [3.63, 3.8) is 0 Å². The van der Waals surface area contributed by atoms with Crippen LogP contribution in [0.25, 0.3) is 0 Å². The number of halogens is 2. The first kappa shape index (κ1) is 20.3. The summed E-state index contributed by atoms with van der Waals surface area (Å²) in [4.78, 5) is 21.0. The maximum atomic E-state index is 14.7. The van der Waals surface area contributed by atoms with Crippen LogP contribution in [0.2, 0.25) is 0 Å². The first-order valence-electron chi connectivity index (χ1n) is 8.26. The molecule has 8 nitrogen and oxygen atoms in total. The van der Waals surface area contributed by atoms with Crippen LogP contribution < -0.4 is 15.8 Å². The summed E-state index contributed by atoms with van der Waals surface area (Å²) in [6.45, 7) is 1.65. The smallest absolute Gasteiger partial charge is 0.234 e. The minimum Gasteiger partial charge on any atom is -0.383 e. The van der Waals surface area contributed by atoms with Gasteiger partial charge in [-0.1, -0.05) is 6.92 Å². The van der Waals surface area contributed by atoms with Crippen molar-refractivity contribution in [2.24, 2.45) is 0 Å². The molecule has 28 heavy (non-hydrogen) atoms. The zero-order valence-corrected chi connectivity index (χ0v) is 16.3. The van der Waals surface area contributed by atoms with Gasteiger partial charge in [-0.15, -0.1) is 11.8 Å². The van der Waals surface area contributed by atoms with Gasteiger partial charge in [0.15, 0.2) is 5.82 Å². The molecule has 1 unspecified atom stereocenters. The van der Waals surface area contributed by atoms with E-state index in [-0.39, 0.29) is 17.3 Å². The van der Waals surface area contributed by atoms with Gasteiger partial charge >= 0.3 is 0 Å². The first-order chi connectivity index (χ1) is 13.2. The number of fused-ring (bicyclic) bond motifs is 1. The van der Waals surface area contributed by atoms with Gasteiger partial charge in [0.2, 0.25) is 15.9 Å². The van der Waals surface area contributed by atoms with E-state index in [1.54, 1.807) is 6.92 Å². The van der Waals surface area contributed by atoms with Crippen molar-refractivity contribution in [2.75, 3.05) is 27.3 Å². The lowest BCUT2D eigenvalue weighted by molar-refractivity contribution is -0.117. The van der Waals surface area contributed by atoms with E-state index in [1.165, 1.54) is 18.1 Å². The fraction of sp³-hybridized carbons (Fsp3) is 0.312. The van der Waals surface area contributed by atoms with E-state index in [0.29, 0.717) is 17.0 Å². The van der Waals surface area contributed by atoms with E-state index in [4.69, 9.17) is 5.73 Å². The second kappa shape index (κ2) is 7.87. The average molecular weight is 429 g/mol. The minimum atomic E-state index is -3.79. The Labute approximate surface area is 164 Å². The van der Waals surface area contributed by atoms with Crippen molar-refractivity contribution in [1.82, 2.24) is 9.97 Å². The molecule has 1 amide bonds. The summed E-state index contributed by atoms with van der Waals surface area (Å²) >= 11 is 1.28. The van der Waals surface area contributed by atoms with Crippen LogP contribution in [0.1, 0.15) is 25.0 Å². The molecule has 0 saturated heterocycles. The highest BCUT2D eigenvalue weighted by Gasteiger charge is 2.33. The van der Waals surface area contributed by atoms with Crippen molar-refractivity contribution < 1.29 is 22.0 Å². The number of benzene rings is 1. The summed E-state index contributed by atoms with van der Waals surface area (Å²) in [6.07, 6.45) is 1.54. The number of nitrogens with two attached hydrogens (primary N) is 1. The Bertz CT molecular complexity index is 1030. The third kappa shape index (κ3) is 4.02. The van der Waals surface area contributed by atoms with Crippen molar-refractivity contribution in [1.29, 1.82) is 0 Å². The Kier molecular flexibility index (Phi) is 5.70. The average Bonchev–Trinajstić information content (AvgIpc) is 3.06. The van der Waals surface area contributed by atoms with Crippen molar-refractivity contribution >= 4 is 44.9 Å². The monoisotopic (exact) mass is 429 g/mol. The van der Waals surface area contributed by atoms with Gasteiger partial charge in [0.25, 0.3) is 0 Å². The number of nitrogens with one attached hydrogen (secondary N) is 2. The van der Waals surface area contributed by atoms with Gasteiger partial charge in [0.1, 0.15) is 23.6 Å². The molecule has 1 aliphatic rings. The Balaban J connectivity index is 1.86. The van der Waals surface area contributed by atoms with Gasteiger partial charge in [-0.25, -0.2) is 27.2 Å². The molecule has 1 aliphatic heterocycles. The molecule has 4 N–H and O–H groups in total. The molecule has 150 valence electrons. The quantitative estimate of drug-likeness (QED) is 0.643. The number of carbonyl (C=O) groups is 1. The maximum Gasteiger partial charge on any atom is 0.234 e. The highest BCUT2D eigenvalue weighted by atomic mass is 32.2. The van der Waals surface area contributed by atoms with E-state index < -0.39 is 44.9 Å². The Morgan fingerprint density at radius 2 is 2.11 bits per heavy atom. The molecular formula is C16H17F2N5O3S2. The van der Waals surface area contributed by atoms with Gasteiger partial charge in [0.05, 0.1) is 27.9 Å². The fourth-order valence-corrected chi connectivity index (χ4v) is 5.01. The van der Waals surface area contributed by atoms with Crippen molar-refractivity contribution in [3.05, 3.63) is 35.8 Å². The lowest BCUT2D eigenvalue weighted by Crippen LogP contribution is -2.24. The molecule has 1 aromatic heterocycles. The molecule has 0 saturated carbocycles. The molecule has 3 rings (SSSR count). The van der Waals surface area contributed by atoms with E-state index in [2.05, 4.69) is 20.0 Å². The summed E-state index contributed by atoms with van der Waals surface area (Å²) in [5, 5.41) is 2.20. The second-order valence-corrected chi connectivity index (χ2v) is 8.90. The molecule has 0 bridgehead atoms. The number of nitrogens with zero attached hydrogens (tertiary/aromatic N) is 2. The first-order valence-corrected chi connectivity index (χ1v) is 10.9. The van der Waals surface area contributed by atoms with Gasteiger partial charge < -0.3 is 11.1 Å². The number of amides is 1. The topological polar surface area (TPSA) is 127 Å². The molecule has 0 aliphatic carbocycles. The van der Waals surface area contributed by atoms with Gasteiger partial charge in [-0.2, -0.15) is 0 Å². The highest BCUT2D eigenvalue weighted by molar-refractivity contribution is 7.99. The molecule has 1 aromatic carbocycles. The summed E-state index contributed by atoms with van der Waals surface area (Å²) in [6, 6.07) is 1.84. The predicted octanol–water partition coefficient (Wildman–Crippen LogP) is 2.32. The summed E-state index contributed by atoms with van der Waals surface area (Å²) < 4.78 is 54.6. The Morgan fingerprint density at radius 3 is 2.82 bits per heavy atom. The van der Waals surface area contributed by atoms with Crippen LogP contribution in [-0.4, -0.2) is 35.8 Å². The molecule has 1 atom stereocenters. The summed E-state index contributed by atoms with van der Waals surface area (Å²) in [5.74, 6) is -3.40. The van der Waals surface area contributed by atoms with Crippen molar-refractivity contribution in [2.45, 2.75) is 24.2 Å². The van der Waals surface area contributed by atoms with Crippen LogP contribution in [0.15, 0.2) is 23.4 Å². The number of sulfonamides is 1. The predicted molar refractivity (Wildman–Crippen MR) is 103 cm³/mol. The normalized spacial score (nSPS) is 15.9. The number of aromatic nitrogens is 2. The standard InChI is InChI=1S/C16H17F2N5O3S2/c1-2-5-28(25,26)23-10-4-3-9(17)13(11(10)18)22-16(24)8-6-27-14-12(8)20-7-21-15(14)19/h3-4,7-8,23H,2,5-6H2,1H3,(H,22,24)(H2,19,20,21). The molecule has 2 aromatic rings. The van der Waals surface area contributed by atoms with Gasteiger partial charge in [-0.3, -0.25) is 9.52 Å². The fourth-order valence-electron chi connectivity index (χ4n) is 2.69. The largest absolute Gasteiger partial charge is 0.383 e. The number of thioether (sulfide) groups is 1.